The van der Waals surface area contributed by atoms with Crippen LogP contribution >= 0.6 is 11.3 Å². The average Bonchev–Trinajstić information content (AvgIpc) is 3.25. The highest BCUT2D eigenvalue weighted by atomic mass is 32.1. The van der Waals surface area contributed by atoms with Gasteiger partial charge in [-0.05, 0) is 37.1 Å². The molecule has 0 saturated carbocycles. The second-order valence-electron chi connectivity index (χ2n) is 5.83. The molecular formula is C15H19N5OS. The first-order chi connectivity index (χ1) is 10.8. The summed E-state index contributed by atoms with van der Waals surface area (Å²) in [6.07, 6.45) is 5.31. The zero-order valence-corrected chi connectivity index (χ0v) is 13.2. The quantitative estimate of drug-likeness (QED) is 0.926. The van der Waals surface area contributed by atoms with Crippen molar-refractivity contribution in [3.8, 4) is 0 Å². The van der Waals surface area contributed by atoms with Crippen LogP contribution < -0.4 is 5.32 Å². The van der Waals surface area contributed by atoms with Crippen molar-refractivity contribution in [2.24, 2.45) is 0 Å². The average molecular weight is 317 g/mol. The maximum Gasteiger partial charge on any atom is 0.324 e. The van der Waals surface area contributed by atoms with E-state index in [2.05, 4.69) is 26.8 Å². The molecule has 1 N–H and O–H groups in total. The first-order valence-corrected chi connectivity index (χ1v) is 8.74. The van der Waals surface area contributed by atoms with Crippen molar-refractivity contribution in [1.29, 1.82) is 0 Å². The molecule has 0 radical (unpaired) electrons. The molecule has 0 bridgehead atoms. The third-order valence-electron chi connectivity index (χ3n) is 4.37. The van der Waals surface area contributed by atoms with E-state index in [-0.39, 0.29) is 12.1 Å². The molecule has 1 atom stereocenters. The summed E-state index contributed by atoms with van der Waals surface area (Å²) < 4.78 is 1.92. The van der Waals surface area contributed by atoms with Crippen LogP contribution in [0.15, 0.2) is 17.5 Å². The van der Waals surface area contributed by atoms with E-state index >= 15 is 0 Å². The van der Waals surface area contributed by atoms with Gasteiger partial charge in [0.05, 0.1) is 6.04 Å². The number of likely N-dealkylation sites (tertiary alicyclic amines) is 1. The van der Waals surface area contributed by atoms with E-state index in [0.717, 1.165) is 51.0 Å². The normalized spacial score (nSPS) is 20.9. The Morgan fingerprint density at radius 2 is 2.27 bits per heavy atom. The van der Waals surface area contributed by atoms with Crippen molar-refractivity contribution in [1.82, 2.24) is 19.7 Å². The second-order valence-corrected chi connectivity index (χ2v) is 6.81. The summed E-state index contributed by atoms with van der Waals surface area (Å²) in [6.45, 7) is 1.70. The lowest BCUT2D eigenvalue weighted by Crippen LogP contribution is -2.34. The van der Waals surface area contributed by atoms with Gasteiger partial charge in [0.15, 0.2) is 0 Å². The Morgan fingerprint density at radius 3 is 3.09 bits per heavy atom. The number of hydrogen-bond acceptors (Lipinski definition) is 4. The summed E-state index contributed by atoms with van der Waals surface area (Å²) in [4.78, 5) is 20.2. The highest BCUT2D eigenvalue weighted by Crippen LogP contribution is 2.34. The molecule has 1 unspecified atom stereocenters. The number of nitrogens with zero attached hydrogens (tertiary/aromatic N) is 4. The maximum absolute atomic E-state index is 12.6. The van der Waals surface area contributed by atoms with Gasteiger partial charge in [0, 0.05) is 24.4 Å². The van der Waals surface area contributed by atoms with E-state index in [1.54, 1.807) is 11.3 Å². The van der Waals surface area contributed by atoms with Gasteiger partial charge in [0.2, 0.25) is 5.95 Å². The highest BCUT2D eigenvalue weighted by molar-refractivity contribution is 7.10. The highest BCUT2D eigenvalue weighted by Gasteiger charge is 2.31. The van der Waals surface area contributed by atoms with Crippen molar-refractivity contribution in [2.75, 3.05) is 11.9 Å². The van der Waals surface area contributed by atoms with E-state index in [4.69, 9.17) is 0 Å². The zero-order valence-electron chi connectivity index (χ0n) is 12.4. The number of aryl methyl sites for hydroxylation is 2. The molecule has 0 aromatic carbocycles. The van der Waals surface area contributed by atoms with Gasteiger partial charge in [-0.25, -0.2) is 9.48 Å². The Balaban J connectivity index is 1.48. The van der Waals surface area contributed by atoms with Crippen LogP contribution in [-0.4, -0.2) is 32.2 Å². The molecule has 4 heterocycles. The Labute approximate surface area is 133 Å². The molecule has 7 heteroatoms. The number of hydrogen-bond donors (Lipinski definition) is 1. The topological polar surface area (TPSA) is 63.1 Å². The Kier molecular flexibility index (Phi) is 3.57. The molecule has 2 aliphatic heterocycles. The number of thiophene rings is 1. The molecule has 2 aliphatic rings. The molecule has 2 aromatic heterocycles. The smallest absolute Gasteiger partial charge is 0.317 e. The summed E-state index contributed by atoms with van der Waals surface area (Å²) in [5.41, 5.74) is 0. The molecule has 1 saturated heterocycles. The summed E-state index contributed by atoms with van der Waals surface area (Å²) >= 11 is 1.71. The Bertz CT molecular complexity index is 642. The fourth-order valence-electron chi connectivity index (χ4n) is 3.29. The first-order valence-electron chi connectivity index (χ1n) is 7.86. The lowest BCUT2D eigenvalue weighted by atomic mass is 10.2. The summed E-state index contributed by atoms with van der Waals surface area (Å²) in [6, 6.07) is 4.25. The van der Waals surface area contributed by atoms with Crippen LogP contribution in [-0.2, 0) is 13.0 Å². The number of amides is 2. The summed E-state index contributed by atoms with van der Waals surface area (Å²) in [7, 11) is 0. The van der Waals surface area contributed by atoms with Crippen molar-refractivity contribution in [3.63, 3.8) is 0 Å². The minimum Gasteiger partial charge on any atom is -0.317 e. The summed E-state index contributed by atoms with van der Waals surface area (Å²) in [5.74, 6) is 1.43. The van der Waals surface area contributed by atoms with Crippen LogP contribution in [0.25, 0.3) is 0 Å². The molecule has 1 fully saturated rings. The molecule has 6 nitrogen and oxygen atoms in total. The lowest BCUT2D eigenvalue weighted by molar-refractivity contribution is 0.207. The van der Waals surface area contributed by atoms with Gasteiger partial charge >= 0.3 is 6.03 Å². The van der Waals surface area contributed by atoms with E-state index in [0.29, 0.717) is 5.95 Å². The molecule has 0 aliphatic carbocycles. The number of anilines is 1. The summed E-state index contributed by atoms with van der Waals surface area (Å²) in [5, 5.41) is 9.35. The number of carbonyl (C=O) groups excluding carboxylic acids is 1. The molecular weight excluding hydrogens is 298 g/mol. The standard InChI is InChI=1S/C15H19N5OS/c21-15(17-14-16-13-7-1-2-9-20(13)18-14)19-8-3-5-11(19)12-6-4-10-22-12/h4,6,10-11H,1-3,5,7-9H2,(H,17,18,21). The molecule has 2 amide bonds. The van der Waals surface area contributed by atoms with Gasteiger partial charge in [-0.3, -0.25) is 5.32 Å². The van der Waals surface area contributed by atoms with E-state index < -0.39 is 0 Å². The predicted molar refractivity (Wildman–Crippen MR) is 85.0 cm³/mol. The molecule has 0 spiro atoms. The van der Waals surface area contributed by atoms with Crippen LogP contribution in [0.3, 0.4) is 0 Å². The predicted octanol–water partition coefficient (Wildman–Crippen LogP) is 3.04. The minimum atomic E-state index is -0.0844. The number of nitrogens with one attached hydrogen (secondary N) is 1. The van der Waals surface area contributed by atoms with Crippen LogP contribution in [0.5, 0.6) is 0 Å². The number of aromatic nitrogens is 3. The van der Waals surface area contributed by atoms with E-state index in [9.17, 15) is 4.79 Å². The van der Waals surface area contributed by atoms with Gasteiger partial charge in [-0.2, -0.15) is 4.98 Å². The minimum absolute atomic E-state index is 0.0844. The van der Waals surface area contributed by atoms with Crippen molar-refractivity contribution in [2.45, 2.75) is 44.7 Å². The monoisotopic (exact) mass is 317 g/mol. The largest absolute Gasteiger partial charge is 0.324 e. The molecule has 4 rings (SSSR count). The van der Waals surface area contributed by atoms with Crippen LogP contribution in [0.1, 0.15) is 42.4 Å². The second kappa shape index (κ2) is 5.72. The number of carbonyl (C=O) groups is 1. The third kappa shape index (κ3) is 2.49. The maximum atomic E-state index is 12.6. The molecule has 2 aromatic rings. The molecule has 116 valence electrons. The van der Waals surface area contributed by atoms with Crippen molar-refractivity contribution >= 4 is 23.3 Å². The number of urea groups is 1. The number of rotatable bonds is 2. The Morgan fingerprint density at radius 1 is 1.32 bits per heavy atom. The lowest BCUT2D eigenvalue weighted by Gasteiger charge is -2.23. The van der Waals surface area contributed by atoms with Gasteiger partial charge in [-0.15, -0.1) is 16.4 Å². The van der Waals surface area contributed by atoms with E-state index in [1.807, 2.05) is 15.6 Å². The molecule has 22 heavy (non-hydrogen) atoms. The van der Waals surface area contributed by atoms with Crippen molar-refractivity contribution < 1.29 is 4.79 Å². The fraction of sp³-hybridized carbons (Fsp3) is 0.533. The third-order valence-corrected chi connectivity index (χ3v) is 5.35. The SMILES string of the molecule is O=C(Nc1nc2n(n1)CCCC2)N1CCCC1c1cccs1. The van der Waals surface area contributed by atoms with Gasteiger partial charge in [-0.1, -0.05) is 6.07 Å². The van der Waals surface area contributed by atoms with Gasteiger partial charge in [0.25, 0.3) is 0 Å². The van der Waals surface area contributed by atoms with E-state index in [1.165, 1.54) is 4.88 Å². The van der Waals surface area contributed by atoms with Crippen LogP contribution in [0.4, 0.5) is 10.7 Å². The van der Waals surface area contributed by atoms with Gasteiger partial charge < -0.3 is 4.90 Å². The zero-order chi connectivity index (χ0) is 14.9. The van der Waals surface area contributed by atoms with Crippen molar-refractivity contribution in [3.05, 3.63) is 28.2 Å². The van der Waals surface area contributed by atoms with Crippen LogP contribution in [0, 0.1) is 0 Å². The van der Waals surface area contributed by atoms with Crippen LogP contribution in [0.2, 0.25) is 0 Å². The number of fused-ring (bicyclic) bond motifs is 1. The first kappa shape index (κ1) is 13.8. The van der Waals surface area contributed by atoms with Gasteiger partial charge in [0.1, 0.15) is 5.82 Å². The fourth-order valence-corrected chi connectivity index (χ4v) is 4.16. The Hall–Kier alpha value is -1.89.